The number of carbonyl (C=O) groups excluding carboxylic acids is 1. The molecule has 0 aliphatic carbocycles. The Labute approximate surface area is 115 Å². The second-order valence-corrected chi connectivity index (χ2v) is 6.05. The summed E-state index contributed by atoms with van der Waals surface area (Å²) >= 11 is 0. The van der Waals surface area contributed by atoms with Crippen molar-refractivity contribution in [1.29, 1.82) is 0 Å². The second kappa shape index (κ2) is 5.74. The van der Waals surface area contributed by atoms with Crippen LogP contribution in [0.3, 0.4) is 0 Å². The van der Waals surface area contributed by atoms with Gasteiger partial charge in [0.1, 0.15) is 0 Å². The molecule has 104 valence electrons. The van der Waals surface area contributed by atoms with Gasteiger partial charge in [-0.2, -0.15) is 0 Å². The summed E-state index contributed by atoms with van der Waals surface area (Å²) in [5.41, 5.74) is 6.54. The normalized spacial score (nSPS) is 23.8. The Bertz CT molecular complexity index is 428. The van der Waals surface area contributed by atoms with Gasteiger partial charge in [0.2, 0.25) is 5.91 Å². The predicted octanol–water partition coefficient (Wildman–Crippen LogP) is 2.85. The van der Waals surface area contributed by atoms with E-state index in [0.717, 1.165) is 19.4 Å². The molecule has 1 saturated heterocycles. The molecule has 2 atom stereocenters. The first kappa shape index (κ1) is 14.1. The van der Waals surface area contributed by atoms with E-state index in [1.807, 2.05) is 18.2 Å². The Morgan fingerprint density at radius 1 is 1.42 bits per heavy atom. The van der Waals surface area contributed by atoms with Crippen molar-refractivity contribution >= 4 is 5.91 Å². The number of carbonyl (C=O) groups is 1. The molecule has 1 aromatic carbocycles. The maximum atomic E-state index is 11.4. The molecule has 3 heteroatoms. The molecule has 1 aliphatic heterocycles. The average molecular weight is 261 g/mol. The van der Waals surface area contributed by atoms with E-state index in [0.29, 0.717) is 12.3 Å². The maximum absolute atomic E-state index is 11.4. The summed E-state index contributed by atoms with van der Waals surface area (Å²) in [6, 6.07) is 10.2. The number of hydrogen-bond donors (Lipinski definition) is 1. The lowest BCUT2D eigenvalue weighted by Crippen LogP contribution is -2.37. The van der Waals surface area contributed by atoms with Crippen molar-refractivity contribution < 1.29 is 9.53 Å². The quantitative estimate of drug-likeness (QED) is 0.906. The van der Waals surface area contributed by atoms with Gasteiger partial charge in [-0.1, -0.05) is 30.3 Å². The van der Waals surface area contributed by atoms with Crippen LogP contribution in [0.4, 0.5) is 0 Å². The molecule has 0 bridgehead atoms. The van der Waals surface area contributed by atoms with Crippen LogP contribution >= 0.6 is 0 Å². The molecule has 19 heavy (non-hydrogen) atoms. The first-order chi connectivity index (χ1) is 8.98. The minimum Gasteiger partial charge on any atom is -0.376 e. The Hall–Kier alpha value is -1.35. The van der Waals surface area contributed by atoms with Crippen molar-refractivity contribution in [3.63, 3.8) is 0 Å². The van der Waals surface area contributed by atoms with Gasteiger partial charge in [0, 0.05) is 13.0 Å². The fraction of sp³-hybridized carbons (Fsp3) is 0.562. The highest BCUT2D eigenvalue weighted by Crippen LogP contribution is 2.39. The van der Waals surface area contributed by atoms with Crippen LogP contribution in [0.5, 0.6) is 0 Å². The van der Waals surface area contributed by atoms with Crippen molar-refractivity contribution in [2.75, 3.05) is 6.61 Å². The molecule has 1 amide bonds. The summed E-state index contributed by atoms with van der Waals surface area (Å²) in [4.78, 5) is 11.4. The van der Waals surface area contributed by atoms with Crippen LogP contribution in [0.1, 0.15) is 44.6 Å². The van der Waals surface area contributed by atoms with Crippen LogP contribution in [0.15, 0.2) is 30.3 Å². The van der Waals surface area contributed by atoms with E-state index in [1.54, 1.807) is 0 Å². The predicted molar refractivity (Wildman–Crippen MR) is 75.7 cm³/mol. The van der Waals surface area contributed by atoms with Crippen molar-refractivity contribution in [2.24, 2.45) is 11.7 Å². The van der Waals surface area contributed by atoms with E-state index in [2.05, 4.69) is 26.0 Å². The van der Waals surface area contributed by atoms with E-state index in [1.165, 1.54) is 5.56 Å². The van der Waals surface area contributed by atoms with Crippen LogP contribution in [0.25, 0.3) is 0 Å². The lowest BCUT2D eigenvalue weighted by molar-refractivity contribution is -0.119. The molecule has 0 saturated carbocycles. The Kier molecular flexibility index (Phi) is 4.25. The summed E-state index contributed by atoms with van der Waals surface area (Å²) < 4.78 is 5.77. The molecule has 1 aliphatic rings. The summed E-state index contributed by atoms with van der Waals surface area (Å²) in [6.07, 6.45) is 2.39. The molecular weight excluding hydrogens is 238 g/mol. The zero-order chi connectivity index (χ0) is 13.9. The smallest absolute Gasteiger partial charge is 0.218 e. The number of rotatable bonds is 4. The first-order valence-electron chi connectivity index (χ1n) is 6.95. The fourth-order valence-electron chi connectivity index (χ4n) is 3.10. The second-order valence-electron chi connectivity index (χ2n) is 6.05. The number of nitrogens with two attached hydrogens (primary N) is 1. The highest BCUT2D eigenvalue weighted by Gasteiger charge is 2.34. The number of primary amides is 1. The molecule has 1 heterocycles. The summed E-state index contributed by atoms with van der Waals surface area (Å²) in [6.45, 7) is 5.00. The Balaban J connectivity index is 2.20. The van der Waals surface area contributed by atoms with Gasteiger partial charge >= 0.3 is 0 Å². The number of benzene rings is 1. The molecular formula is C16H23NO2. The van der Waals surface area contributed by atoms with Crippen LogP contribution in [-0.4, -0.2) is 18.1 Å². The number of amides is 1. The maximum Gasteiger partial charge on any atom is 0.218 e. The number of hydrogen-bond acceptors (Lipinski definition) is 2. The molecule has 2 N–H and O–H groups in total. The van der Waals surface area contributed by atoms with Crippen LogP contribution in [0.2, 0.25) is 0 Å². The Morgan fingerprint density at radius 3 is 2.68 bits per heavy atom. The average Bonchev–Trinajstić information content (AvgIpc) is 2.35. The van der Waals surface area contributed by atoms with Gasteiger partial charge < -0.3 is 10.5 Å². The Morgan fingerprint density at radius 2 is 2.11 bits per heavy atom. The first-order valence-corrected chi connectivity index (χ1v) is 6.95. The monoisotopic (exact) mass is 261 g/mol. The summed E-state index contributed by atoms with van der Waals surface area (Å²) in [7, 11) is 0. The van der Waals surface area contributed by atoms with Crippen molar-refractivity contribution in [1.82, 2.24) is 0 Å². The van der Waals surface area contributed by atoms with Gasteiger partial charge in [-0.25, -0.2) is 0 Å². The zero-order valence-electron chi connectivity index (χ0n) is 11.8. The van der Waals surface area contributed by atoms with Gasteiger partial charge in [-0.3, -0.25) is 4.79 Å². The van der Waals surface area contributed by atoms with Crippen LogP contribution in [-0.2, 0) is 9.53 Å². The highest BCUT2D eigenvalue weighted by molar-refractivity contribution is 5.74. The van der Waals surface area contributed by atoms with Gasteiger partial charge in [0.15, 0.2) is 0 Å². The molecule has 0 radical (unpaired) electrons. The summed E-state index contributed by atoms with van der Waals surface area (Å²) in [5.74, 6) is 0.443. The molecule has 1 aromatic rings. The van der Waals surface area contributed by atoms with Gasteiger partial charge in [-0.05, 0) is 44.1 Å². The lowest BCUT2D eigenvalue weighted by Gasteiger charge is -2.39. The van der Waals surface area contributed by atoms with E-state index >= 15 is 0 Å². The lowest BCUT2D eigenvalue weighted by atomic mass is 9.75. The van der Waals surface area contributed by atoms with Gasteiger partial charge in [-0.15, -0.1) is 0 Å². The fourth-order valence-corrected chi connectivity index (χ4v) is 3.10. The zero-order valence-corrected chi connectivity index (χ0v) is 11.8. The van der Waals surface area contributed by atoms with Gasteiger partial charge in [0.05, 0.1) is 5.60 Å². The SMILES string of the molecule is CC1(C)C[C@H]([C@@H](CC(N)=O)c2ccccc2)CCO1. The minimum atomic E-state index is -0.224. The van der Waals surface area contributed by atoms with Crippen molar-refractivity contribution in [3.8, 4) is 0 Å². The third-order valence-corrected chi connectivity index (χ3v) is 3.95. The van der Waals surface area contributed by atoms with E-state index in [9.17, 15) is 4.79 Å². The molecule has 3 nitrogen and oxygen atoms in total. The van der Waals surface area contributed by atoms with E-state index in [4.69, 9.17) is 10.5 Å². The largest absolute Gasteiger partial charge is 0.376 e. The molecule has 2 rings (SSSR count). The van der Waals surface area contributed by atoms with Gasteiger partial charge in [0.25, 0.3) is 0 Å². The standard InChI is InChI=1S/C16H23NO2/c1-16(2)11-13(8-9-19-16)14(10-15(17)18)12-6-4-3-5-7-12/h3-7,13-14H,8-11H2,1-2H3,(H2,17,18)/t13-,14+/m1/s1. The van der Waals surface area contributed by atoms with E-state index in [-0.39, 0.29) is 17.4 Å². The number of ether oxygens (including phenoxy) is 1. The van der Waals surface area contributed by atoms with E-state index < -0.39 is 0 Å². The van der Waals surface area contributed by atoms with Crippen molar-refractivity contribution in [3.05, 3.63) is 35.9 Å². The third-order valence-electron chi connectivity index (χ3n) is 3.95. The molecule has 1 fully saturated rings. The molecule has 0 aromatic heterocycles. The molecule has 0 unspecified atom stereocenters. The summed E-state index contributed by atoms with van der Waals surface area (Å²) in [5, 5.41) is 0. The topological polar surface area (TPSA) is 52.3 Å². The molecule has 0 spiro atoms. The van der Waals surface area contributed by atoms with Crippen LogP contribution in [0, 0.1) is 5.92 Å². The third kappa shape index (κ3) is 3.80. The minimum absolute atomic E-state index is 0.104. The van der Waals surface area contributed by atoms with Crippen molar-refractivity contribution in [2.45, 2.75) is 44.6 Å². The van der Waals surface area contributed by atoms with Crippen LogP contribution < -0.4 is 5.73 Å². The highest BCUT2D eigenvalue weighted by atomic mass is 16.5.